The number of rotatable bonds is 5. The molecule has 0 saturated heterocycles. The Morgan fingerprint density at radius 2 is 2.14 bits per heavy atom. The molecule has 2 amide bonds. The van der Waals surface area contributed by atoms with E-state index in [4.69, 9.17) is 0 Å². The van der Waals surface area contributed by atoms with Crippen LogP contribution in [-0.2, 0) is 0 Å². The molecular weight excluding hydrogens is 176 g/mol. The van der Waals surface area contributed by atoms with Crippen molar-refractivity contribution in [2.24, 2.45) is 0 Å². The first-order valence-corrected chi connectivity index (χ1v) is 5.83. The van der Waals surface area contributed by atoms with Crippen molar-refractivity contribution in [1.82, 2.24) is 10.6 Å². The molecule has 0 radical (unpaired) electrons. The van der Waals surface area contributed by atoms with E-state index in [0.29, 0.717) is 12.1 Å². The molecule has 1 atom stereocenters. The van der Waals surface area contributed by atoms with Crippen molar-refractivity contribution in [1.29, 1.82) is 0 Å². The van der Waals surface area contributed by atoms with Gasteiger partial charge in [-0.25, -0.2) is 4.79 Å². The molecule has 0 spiro atoms. The first kappa shape index (κ1) is 11.3. The Bertz CT molecular complexity index is 178. The maximum Gasteiger partial charge on any atom is 0.315 e. The van der Waals surface area contributed by atoms with Crippen LogP contribution in [0.2, 0.25) is 0 Å². The zero-order chi connectivity index (χ0) is 10.4. The van der Waals surface area contributed by atoms with Gasteiger partial charge in [0.05, 0.1) is 0 Å². The zero-order valence-corrected chi connectivity index (χ0v) is 9.31. The van der Waals surface area contributed by atoms with Crippen LogP contribution in [0.25, 0.3) is 0 Å². The Hall–Kier alpha value is -0.730. The van der Waals surface area contributed by atoms with Crippen molar-refractivity contribution < 1.29 is 4.79 Å². The first-order valence-electron chi connectivity index (χ1n) is 5.83. The van der Waals surface area contributed by atoms with Gasteiger partial charge in [0.25, 0.3) is 0 Å². The normalized spacial score (nSPS) is 18.4. The minimum atomic E-state index is 0.0231. The number of amides is 2. The minimum absolute atomic E-state index is 0.0231. The van der Waals surface area contributed by atoms with Crippen LogP contribution in [0.15, 0.2) is 0 Å². The van der Waals surface area contributed by atoms with Gasteiger partial charge in [-0.1, -0.05) is 20.3 Å². The highest BCUT2D eigenvalue weighted by molar-refractivity contribution is 5.74. The molecule has 1 fully saturated rings. The van der Waals surface area contributed by atoms with E-state index in [1.54, 1.807) is 0 Å². The fourth-order valence-corrected chi connectivity index (χ4v) is 1.69. The molecule has 3 heteroatoms. The molecule has 1 rings (SSSR count). The van der Waals surface area contributed by atoms with E-state index in [9.17, 15) is 4.79 Å². The molecule has 0 heterocycles. The molecular formula is C11H22N2O. The Balaban J connectivity index is 2.15. The summed E-state index contributed by atoms with van der Waals surface area (Å²) in [6.07, 6.45) is 6.79. The molecule has 2 N–H and O–H groups in total. The molecule has 0 bridgehead atoms. The number of hydrogen-bond donors (Lipinski definition) is 2. The fourth-order valence-electron chi connectivity index (χ4n) is 1.69. The summed E-state index contributed by atoms with van der Waals surface area (Å²) < 4.78 is 0. The molecule has 1 aliphatic rings. The van der Waals surface area contributed by atoms with Gasteiger partial charge in [0, 0.05) is 12.1 Å². The van der Waals surface area contributed by atoms with Crippen molar-refractivity contribution in [3.8, 4) is 0 Å². The monoisotopic (exact) mass is 198 g/mol. The molecule has 1 saturated carbocycles. The SMILES string of the molecule is CCCC(CC)NC(=O)NC1CCC1. The Morgan fingerprint density at radius 3 is 2.57 bits per heavy atom. The van der Waals surface area contributed by atoms with Crippen LogP contribution in [0, 0.1) is 0 Å². The standard InChI is InChI=1S/C11H22N2O/c1-3-6-9(4-2)12-11(14)13-10-7-5-8-10/h9-10H,3-8H2,1-2H3,(H2,12,13,14). The third kappa shape index (κ3) is 3.56. The molecule has 14 heavy (non-hydrogen) atoms. The van der Waals surface area contributed by atoms with Gasteiger partial charge in [-0.05, 0) is 32.1 Å². The van der Waals surface area contributed by atoms with Crippen LogP contribution in [0.3, 0.4) is 0 Å². The molecule has 0 aromatic heterocycles. The summed E-state index contributed by atoms with van der Waals surface area (Å²) in [6.45, 7) is 4.26. The Labute approximate surface area is 86.6 Å². The predicted octanol–water partition coefficient (Wildman–Crippen LogP) is 2.42. The van der Waals surface area contributed by atoms with Crippen LogP contribution < -0.4 is 10.6 Å². The maximum atomic E-state index is 11.5. The van der Waals surface area contributed by atoms with Gasteiger partial charge in [0.15, 0.2) is 0 Å². The highest BCUT2D eigenvalue weighted by atomic mass is 16.2. The van der Waals surface area contributed by atoms with E-state index in [1.807, 2.05) is 0 Å². The van der Waals surface area contributed by atoms with Gasteiger partial charge in [0.2, 0.25) is 0 Å². The van der Waals surface area contributed by atoms with E-state index in [1.165, 1.54) is 6.42 Å². The second-order valence-electron chi connectivity index (χ2n) is 4.14. The van der Waals surface area contributed by atoms with E-state index in [2.05, 4.69) is 24.5 Å². The lowest BCUT2D eigenvalue weighted by Crippen LogP contribution is -2.48. The third-order valence-corrected chi connectivity index (χ3v) is 2.91. The zero-order valence-electron chi connectivity index (χ0n) is 9.31. The minimum Gasteiger partial charge on any atom is -0.335 e. The summed E-state index contributed by atoms with van der Waals surface area (Å²) in [6, 6.07) is 0.809. The number of nitrogens with one attached hydrogen (secondary N) is 2. The van der Waals surface area contributed by atoms with Crippen molar-refractivity contribution >= 4 is 6.03 Å². The lowest BCUT2D eigenvalue weighted by molar-refractivity contribution is 0.223. The van der Waals surface area contributed by atoms with E-state index >= 15 is 0 Å². The van der Waals surface area contributed by atoms with Crippen molar-refractivity contribution in [3.05, 3.63) is 0 Å². The predicted molar refractivity (Wildman–Crippen MR) is 58.3 cm³/mol. The maximum absolute atomic E-state index is 11.5. The lowest BCUT2D eigenvalue weighted by Gasteiger charge is -2.27. The quantitative estimate of drug-likeness (QED) is 0.700. The van der Waals surface area contributed by atoms with Crippen molar-refractivity contribution in [3.63, 3.8) is 0 Å². The summed E-state index contributed by atoms with van der Waals surface area (Å²) in [5, 5.41) is 6.01. The van der Waals surface area contributed by atoms with Gasteiger partial charge in [0.1, 0.15) is 0 Å². The second-order valence-corrected chi connectivity index (χ2v) is 4.14. The van der Waals surface area contributed by atoms with Crippen LogP contribution in [0.1, 0.15) is 52.4 Å². The summed E-state index contributed by atoms with van der Waals surface area (Å²) in [7, 11) is 0. The molecule has 1 unspecified atom stereocenters. The number of carbonyl (C=O) groups is 1. The van der Waals surface area contributed by atoms with Crippen LogP contribution >= 0.6 is 0 Å². The van der Waals surface area contributed by atoms with Crippen molar-refractivity contribution in [2.45, 2.75) is 64.5 Å². The fraction of sp³-hybridized carbons (Fsp3) is 0.909. The third-order valence-electron chi connectivity index (χ3n) is 2.91. The molecule has 1 aliphatic carbocycles. The van der Waals surface area contributed by atoms with E-state index in [-0.39, 0.29) is 6.03 Å². The molecule has 0 aliphatic heterocycles. The summed E-state index contributed by atoms with van der Waals surface area (Å²) >= 11 is 0. The lowest BCUT2D eigenvalue weighted by atomic mass is 9.93. The van der Waals surface area contributed by atoms with Gasteiger partial charge in [-0.2, -0.15) is 0 Å². The first-order chi connectivity index (χ1) is 6.76. The summed E-state index contributed by atoms with van der Waals surface area (Å²) in [5.74, 6) is 0. The Morgan fingerprint density at radius 1 is 1.43 bits per heavy atom. The molecule has 3 nitrogen and oxygen atoms in total. The van der Waals surface area contributed by atoms with Gasteiger partial charge < -0.3 is 10.6 Å². The number of carbonyl (C=O) groups excluding carboxylic acids is 1. The smallest absolute Gasteiger partial charge is 0.315 e. The number of urea groups is 1. The highest BCUT2D eigenvalue weighted by Crippen LogP contribution is 2.17. The van der Waals surface area contributed by atoms with Crippen molar-refractivity contribution in [2.75, 3.05) is 0 Å². The Kier molecular flexibility index (Phi) is 4.77. The molecule has 0 aromatic rings. The van der Waals surface area contributed by atoms with E-state index in [0.717, 1.165) is 32.1 Å². The average Bonchev–Trinajstić information content (AvgIpc) is 2.11. The van der Waals surface area contributed by atoms with Gasteiger partial charge >= 0.3 is 6.03 Å². The van der Waals surface area contributed by atoms with Gasteiger partial charge in [-0.3, -0.25) is 0 Å². The average molecular weight is 198 g/mol. The second kappa shape index (κ2) is 5.89. The van der Waals surface area contributed by atoms with Gasteiger partial charge in [-0.15, -0.1) is 0 Å². The highest BCUT2D eigenvalue weighted by Gasteiger charge is 2.20. The topological polar surface area (TPSA) is 41.1 Å². The molecule has 82 valence electrons. The van der Waals surface area contributed by atoms with Crippen LogP contribution in [0.4, 0.5) is 4.79 Å². The van der Waals surface area contributed by atoms with Crippen LogP contribution in [-0.4, -0.2) is 18.1 Å². The summed E-state index contributed by atoms with van der Waals surface area (Å²) in [4.78, 5) is 11.5. The largest absolute Gasteiger partial charge is 0.335 e. The molecule has 0 aromatic carbocycles. The summed E-state index contributed by atoms with van der Waals surface area (Å²) in [5.41, 5.74) is 0. The van der Waals surface area contributed by atoms with Crippen LogP contribution in [0.5, 0.6) is 0 Å². The number of hydrogen-bond acceptors (Lipinski definition) is 1. The van der Waals surface area contributed by atoms with E-state index < -0.39 is 0 Å².